The highest BCUT2D eigenvalue weighted by atomic mass is 16.5. The maximum absolute atomic E-state index is 11.8. The Bertz CT molecular complexity index is 622. The normalized spacial score (nSPS) is 23.6. The zero-order chi connectivity index (χ0) is 20.6. The highest BCUT2D eigenvalue weighted by molar-refractivity contribution is 5.90. The van der Waals surface area contributed by atoms with E-state index in [0.717, 1.165) is 19.5 Å². The van der Waals surface area contributed by atoms with Gasteiger partial charge in [-0.05, 0) is 44.2 Å². The number of carbonyl (C=O) groups excluding carboxylic acids is 1. The van der Waals surface area contributed by atoms with Gasteiger partial charge in [-0.25, -0.2) is 0 Å². The number of esters is 1. The third-order valence-corrected chi connectivity index (χ3v) is 5.30. The molecule has 0 aromatic heterocycles. The van der Waals surface area contributed by atoms with Crippen LogP contribution in [0, 0.1) is 16.7 Å². The largest absolute Gasteiger partial charge is 0.465 e. The first-order chi connectivity index (χ1) is 12.3. The summed E-state index contributed by atoms with van der Waals surface area (Å²) in [5, 5.41) is 0. The number of hydrogen-bond acceptors (Lipinski definition) is 5. The Kier molecular flexibility index (Phi) is 6.45. The van der Waals surface area contributed by atoms with Gasteiger partial charge in [0.15, 0.2) is 0 Å². The SMILES string of the molecule is CCOC(=O)CN(C)C[C@@H]1CC2=C(C(C)(C)C)[C@H](C)N=C(C(C)(C)C)N2C1. The van der Waals surface area contributed by atoms with E-state index >= 15 is 0 Å². The Labute approximate surface area is 165 Å². The first-order valence-electron chi connectivity index (χ1n) is 10.3. The molecule has 2 heterocycles. The lowest BCUT2D eigenvalue weighted by Gasteiger charge is -2.41. The Hall–Kier alpha value is -1.36. The molecule has 2 atom stereocenters. The molecule has 27 heavy (non-hydrogen) atoms. The van der Waals surface area contributed by atoms with E-state index in [9.17, 15) is 4.79 Å². The Morgan fingerprint density at radius 3 is 2.37 bits per heavy atom. The van der Waals surface area contributed by atoms with Crippen molar-refractivity contribution in [3.63, 3.8) is 0 Å². The molecule has 2 aliphatic rings. The predicted octanol–water partition coefficient (Wildman–Crippen LogP) is 3.95. The van der Waals surface area contributed by atoms with Crippen molar-refractivity contribution >= 4 is 11.8 Å². The molecule has 0 aliphatic carbocycles. The summed E-state index contributed by atoms with van der Waals surface area (Å²) >= 11 is 0. The van der Waals surface area contributed by atoms with E-state index in [-0.39, 0.29) is 22.8 Å². The lowest BCUT2D eigenvalue weighted by atomic mass is 9.79. The molecule has 154 valence electrons. The van der Waals surface area contributed by atoms with Gasteiger partial charge in [-0.1, -0.05) is 41.5 Å². The van der Waals surface area contributed by atoms with Crippen molar-refractivity contribution in [1.29, 1.82) is 0 Å². The highest BCUT2D eigenvalue weighted by Crippen LogP contribution is 2.44. The molecule has 0 aromatic rings. The van der Waals surface area contributed by atoms with E-state index in [2.05, 4.69) is 58.3 Å². The third-order valence-electron chi connectivity index (χ3n) is 5.30. The van der Waals surface area contributed by atoms with E-state index in [1.54, 1.807) is 0 Å². The molecule has 0 radical (unpaired) electrons. The molecule has 1 fully saturated rings. The van der Waals surface area contributed by atoms with Gasteiger partial charge in [0.2, 0.25) is 0 Å². The number of rotatable bonds is 5. The van der Waals surface area contributed by atoms with E-state index in [4.69, 9.17) is 9.73 Å². The zero-order valence-electron chi connectivity index (χ0n) is 18.8. The number of hydrogen-bond donors (Lipinski definition) is 0. The number of ether oxygens (including phenoxy) is 1. The number of likely N-dealkylation sites (N-methyl/N-ethyl adjacent to an activating group) is 1. The van der Waals surface area contributed by atoms with Gasteiger partial charge in [-0.3, -0.25) is 14.7 Å². The average molecular weight is 378 g/mol. The van der Waals surface area contributed by atoms with Crippen molar-refractivity contribution in [2.24, 2.45) is 21.7 Å². The first kappa shape index (κ1) is 21.9. The van der Waals surface area contributed by atoms with Crippen molar-refractivity contribution in [3.05, 3.63) is 11.3 Å². The summed E-state index contributed by atoms with van der Waals surface area (Å²) in [7, 11) is 2.01. The van der Waals surface area contributed by atoms with Crippen LogP contribution in [0.15, 0.2) is 16.3 Å². The zero-order valence-corrected chi connectivity index (χ0v) is 18.8. The third kappa shape index (κ3) is 5.13. The summed E-state index contributed by atoms with van der Waals surface area (Å²) in [5.74, 6) is 1.55. The van der Waals surface area contributed by atoms with Crippen LogP contribution in [0.2, 0.25) is 0 Å². The second-order valence-corrected chi connectivity index (χ2v) is 10.2. The van der Waals surface area contributed by atoms with E-state index < -0.39 is 0 Å². The number of amidine groups is 1. The molecule has 2 aliphatic heterocycles. The molecule has 0 saturated carbocycles. The van der Waals surface area contributed by atoms with Crippen molar-refractivity contribution in [2.45, 2.75) is 67.9 Å². The van der Waals surface area contributed by atoms with Crippen LogP contribution in [0.5, 0.6) is 0 Å². The smallest absolute Gasteiger partial charge is 0.320 e. The minimum atomic E-state index is -0.143. The summed E-state index contributed by atoms with van der Waals surface area (Å²) in [6.45, 7) is 20.4. The number of fused-ring (bicyclic) bond motifs is 1. The van der Waals surface area contributed by atoms with Crippen LogP contribution in [0.4, 0.5) is 0 Å². The fourth-order valence-corrected chi connectivity index (χ4v) is 4.56. The monoisotopic (exact) mass is 377 g/mol. The summed E-state index contributed by atoms with van der Waals surface area (Å²) in [5.41, 5.74) is 3.05. The van der Waals surface area contributed by atoms with Crippen LogP contribution in [-0.2, 0) is 9.53 Å². The minimum absolute atomic E-state index is 0.0225. The summed E-state index contributed by atoms with van der Waals surface area (Å²) in [4.78, 5) is 21.5. The molecule has 5 nitrogen and oxygen atoms in total. The van der Waals surface area contributed by atoms with Crippen molar-refractivity contribution < 1.29 is 9.53 Å². The molecular weight excluding hydrogens is 338 g/mol. The fourth-order valence-electron chi connectivity index (χ4n) is 4.56. The van der Waals surface area contributed by atoms with E-state index in [1.165, 1.54) is 17.1 Å². The number of aliphatic imine (C=N–C) groups is 1. The van der Waals surface area contributed by atoms with E-state index in [1.807, 2.05) is 14.0 Å². The van der Waals surface area contributed by atoms with Gasteiger partial charge in [0.25, 0.3) is 0 Å². The van der Waals surface area contributed by atoms with Gasteiger partial charge in [0.05, 0.1) is 19.2 Å². The minimum Gasteiger partial charge on any atom is -0.465 e. The molecular formula is C22H39N3O2. The standard InChI is InChI=1S/C22H39N3O2/c1-10-27-18(26)14-24(9)12-16-11-17-19(21(3,4)5)15(2)23-20(22(6,7)8)25(17)13-16/h15-16H,10-14H2,1-9H3/t15-,16-/m0/s1. The van der Waals surface area contributed by atoms with Gasteiger partial charge in [-0.15, -0.1) is 0 Å². The molecule has 2 rings (SSSR count). The van der Waals surface area contributed by atoms with Gasteiger partial charge in [-0.2, -0.15) is 0 Å². The van der Waals surface area contributed by atoms with Crippen molar-refractivity contribution in [3.8, 4) is 0 Å². The molecule has 0 aromatic carbocycles. The molecule has 0 N–H and O–H groups in total. The first-order valence-corrected chi connectivity index (χ1v) is 10.3. The highest BCUT2D eigenvalue weighted by Gasteiger charge is 2.42. The van der Waals surface area contributed by atoms with Gasteiger partial charge < -0.3 is 9.64 Å². The van der Waals surface area contributed by atoms with Crippen LogP contribution < -0.4 is 0 Å². The number of allylic oxidation sites excluding steroid dienone is 1. The van der Waals surface area contributed by atoms with Crippen LogP contribution in [0.25, 0.3) is 0 Å². The molecule has 0 spiro atoms. The average Bonchev–Trinajstić information content (AvgIpc) is 2.85. The Morgan fingerprint density at radius 1 is 1.22 bits per heavy atom. The van der Waals surface area contributed by atoms with Crippen LogP contribution in [-0.4, -0.2) is 60.9 Å². The van der Waals surface area contributed by atoms with Gasteiger partial charge in [0, 0.05) is 24.2 Å². The lowest BCUT2D eigenvalue weighted by Crippen LogP contribution is -2.43. The molecule has 0 amide bonds. The maximum atomic E-state index is 11.8. The van der Waals surface area contributed by atoms with Gasteiger partial charge in [0.1, 0.15) is 5.84 Å². The Morgan fingerprint density at radius 2 is 1.85 bits per heavy atom. The quantitative estimate of drug-likeness (QED) is 0.681. The second-order valence-electron chi connectivity index (χ2n) is 10.2. The molecule has 0 bridgehead atoms. The summed E-state index contributed by atoms with van der Waals surface area (Å²) in [6.07, 6.45) is 1.05. The number of nitrogens with zero attached hydrogens (tertiary/aromatic N) is 3. The lowest BCUT2D eigenvalue weighted by molar-refractivity contribution is -0.144. The van der Waals surface area contributed by atoms with Crippen molar-refractivity contribution in [2.75, 3.05) is 33.3 Å². The molecule has 1 saturated heterocycles. The topological polar surface area (TPSA) is 45.1 Å². The van der Waals surface area contributed by atoms with Crippen molar-refractivity contribution in [1.82, 2.24) is 9.80 Å². The maximum Gasteiger partial charge on any atom is 0.320 e. The fraction of sp³-hybridized carbons (Fsp3) is 0.818. The van der Waals surface area contributed by atoms with Crippen LogP contribution in [0.1, 0.15) is 61.8 Å². The van der Waals surface area contributed by atoms with Gasteiger partial charge >= 0.3 is 5.97 Å². The van der Waals surface area contributed by atoms with Crippen LogP contribution >= 0.6 is 0 Å². The molecule has 0 unspecified atom stereocenters. The van der Waals surface area contributed by atoms with Crippen LogP contribution in [0.3, 0.4) is 0 Å². The second kappa shape index (κ2) is 7.94. The Balaban J connectivity index is 2.23. The summed E-state index contributed by atoms with van der Waals surface area (Å²) < 4.78 is 5.09. The predicted molar refractivity (Wildman–Crippen MR) is 112 cm³/mol. The number of carbonyl (C=O) groups is 1. The molecule has 5 heteroatoms. The summed E-state index contributed by atoms with van der Waals surface area (Å²) in [6, 6.07) is 0.224. The van der Waals surface area contributed by atoms with E-state index in [0.29, 0.717) is 19.1 Å².